The summed E-state index contributed by atoms with van der Waals surface area (Å²) in [6.45, 7) is 5.03. The zero-order chi connectivity index (χ0) is 19.6. The third-order valence-corrected chi connectivity index (χ3v) is 6.80. The molecule has 0 unspecified atom stereocenters. The summed E-state index contributed by atoms with van der Waals surface area (Å²) in [6, 6.07) is 12.6. The highest BCUT2D eigenvalue weighted by atomic mass is 32.2. The van der Waals surface area contributed by atoms with E-state index in [1.54, 1.807) is 24.3 Å². The number of likely N-dealkylation sites (tertiary alicyclic amines) is 1. The van der Waals surface area contributed by atoms with Crippen LogP contribution in [0.2, 0.25) is 0 Å². The molecular formula is C20H25N5O2S. The smallest absolute Gasteiger partial charge is 0.240 e. The summed E-state index contributed by atoms with van der Waals surface area (Å²) in [5, 5.41) is 8.72. The van der Waals surface area contributed by atoms with E-state index in [0.29, 0.717) is 23.9 Å². The van der Waals surface area contributed by atoms with E-state index in [1.165, 1.54) is 5.56 Å². The summed E-state index contributed by atoms with van der Waals surface area (Å²) in [5.74, 6) is 1.41. The van der Waals surface area contributed by atoms with Gasteiger partial charge in [-0.25, -0.2) is 13.1 Å². The van der Waals surface area contributed by atoms with E-state index < -0.39 is 10.0 Å². The number of aryl methyl sites for hydroxylation is 1. The molecule has 0 spiro atoms. The van der Waals surface area contributed by atoms with Gasteiger partial charge in [-0.15, -0.1) is 10.2 Å². The molecule has 28 heavy (non-hydrogen) atoms. The lowest BCUT2D eigenvalue weighted by Gasteiger charge is -2.31. The van der Waals surface area contributed by atoms with Crippen LogP contribution in [0, 0.1) is 6.92 Å². The number of hydrogen-bond donors (Lipinski definition) is 1. The zero-order valence-corrected chi connectivity index (χ0v) is 16.8. The average Bonchev–Trinajstić information content (AvgIpc) is 3.12. The van der Waals surface area contributed by atoms with Crippen molar-refractivity contribution in [2.45, 2.75) is 30.6 Å². The summed E-state index contributed by atoms with van der Waals surface area (Å²) >= 11 is 0. The van der Waals surface area contributed by atoms with Crippen LogP contribution >= 0.6 is 0 Å². The molecule has 0 amide bonds. The minimum Gasteiger partial charge on any atom is -0.302 e. The Bertz CT molecular complexity index is 1040. The maximum absolute atomic E-state index is 12.3. The van der Waals surface area contributed by atoms with Crippen LogP contribution in [0.4, 0.5) is 0 Å². The molecule has 3 aromatic rings. The highest BCUT2D eigenvalue weighted by Crippen LogP contribution is 2.27. The van der Waals surface area contributed by atoms with Crippen LogP contribution in [0.5, 0.6) is 0 Å². The SMILES string of the molecule is Cc1ccn2c(C3CCN(CCNS(=O)(=O)c4ccccc4)CC3)nnc2c1. The Labute approximate surface area is 165 Å². The largest absolute Gasteiger partial charge is 0.302 e. The number of benzene rings is 1. The summed E-state index contributed by atoms with van der Waals surface area (Å²) in [7, 11) is -3.43. The molecule has 2 aromatic heterocycles. The van der Waals surface area contributed by atoms with E-state index in [4.69, 9.17) is 0 Å². The van der Waals surface area contributed by atoms with Gasteiger partial charge in [-0.2, -0.15) is 0 Å². The van der Waals surface area contributed by atoms with Crippen LogP contribution in [0.3, 0.4) is 0 Å². The van der Waals surface area contributed by atoms with Gasteiger partial charge >= 0.3 is 0 Å². The minimum absolute atomic E-state index is 0.308. The van der Waals surface area contributed by atoms with Crippen LogP contribution in [0.1, 0.15) is 30.1 Å². The van der Waals surface area contributed by atoms with Gasteiger partial charge in [0.05, 0.1) is 4.90 Å². The molecule has 1 aliphatic rings. The number of nitrogens with one attached hydrogen (secondary N) is 1. The number of hydrogen-bond acceptors (Lipinski definition) is 5. The summed E-state index contributed by atoms with van der Waals surface area (Å²) in [6.07, 6.45) is 4.05. The maximum Gasteiger partial charge on any atom is 0.240 e. The van der Waals surface area contributed by atoms with Crippen LogP contribution in [-0.2, 0) is 10.0 Å². The third-order valence-electron chi connectivity index (χ3n) is 5.32. The van der Waals surface area contributed by atoms with Gasteiger partial charge in [-0.1, -0.05) is 18.2 Å². The van der Waals surface area contributed by atoms with Crippen LogP contribution < -0.4 is 4.72 Å². The molecule has 4 rings (SSSR count). The van der Waals surface area contributed by atoms with Crippen LogP contribution in [0.15, 0.2) is 53.6 Å². The van der Waals surface area contributed by atoms with Gasteiger partial charge in [0.2, 0.25) is 10.0 Å². The van der Waals surface area contributed by atoms with Gasteiger partial charge in [-0.05, 0) is 62.7 Å². The lowest BCUT2D eigenvalue weighted by atomic mass is 9.96. The topological polar surface area (TPSA) is 79.6 Å². The molecule has 0 radical (unpaired) electrons. The fraction of sp³-hybridized carbons (Fsp3) is 0.400. The van der Waals surface area contributed by atoms with Crippen molar-refractivity contribution < 1.29 is 8.42 Å². The van der Waals surface area contributed by atoms with Gasteiger partial charge in [0.1, 0.15) is 5.82 Å². The first-order valence-electron chi connectivity index (χ1n) is 9.61. The van der Waals surface area contributed by atoms with Crippen molar-refractivity contribution in [3.8, 4) is 0 Å². The molecule has 0 bridgehead atoms. The van der Waals surface area contributed by atoms with E-state index >= 15 is 0 Å². The molecule has 1 N–H and O–H groups in total. The lowest BCUT2D eigenvalue weighted by molar-refractivity contribution is 0.212. The average molecular weight is 400 g/mol. The van der Waals surface area contributed by atoms with Crippen molar-refractivity contribution in [2.24, 2.45) is 0 Å². The summed E-state index contributed by atoms with van der Waals surface area (Å²) in [4.78, 5) is 2.61. The second-order valence-corrected chi connectivity index (χ2v) is 9.08. The second-order valence-electron chi connectivity index (χ2n) is 7.32. The highest BCUT2D eigenvalue weighted by molar-refractivity contribution is 7.89. The monoisotopic (exact) mass is 399 g/mol. The predicted molar refractivity (Wildman–Crippen MR) is 108 cm³/mol. The van der Waals surface area contributed by atoms with E-state index in [9.17, 15) is 8.42 Å². The van der Waals surface area contributed by atoms with Gasteiger partial charge < -0.3 is 4.90 Å². The van der Waals surface area contributed by atoms with Crippen molar-refractivity contribution in [3.63, 3.8) is 0 Å². The number of pyridine rings is 1. The first-order chi connectivity index (χ1) is 13.5. The first kappa shape index (κ1) is 19.0. The number of piperidine rings is 1. The van der Waals surface area contributed by atoms with Crippen molar-refractivity contribution in [1.82, 2.24) is 24.2 Å². The van der Waals surface area contributed by atoms with Gasteiger partial charge in [0, 0.05) is 25.2 Å². The predicted octanol–water partition coefficient (Wildman–Crippen LogP) is 2.20. The molecule has 1 saturated heterocycles. The van der Waals surface area contributed by atoms with Crippen molar-refractivity contribution >= 4 is 15.7 Å². The highest BCUT2D eigenvalue weighted by Gasteiger charge is 2.24. The standard InChI is InChI=1S/C20H25N5O2S/c1-16-7-13-25-19(15-16)22-23-20(25)17-8-11-24(12-9-17)14-10-21-28(26,27)18-5-3-2-4-6-18/h2-7,13,15,17,21H,8-12,14H2,1H3. The normalized spacial score (nSPS) is 16.6. The molecule has 0 atom stereocenters. The Kier molecular flexibility index (Phi) is 5.43. The molecule has 1 aliphatic heterocycles. The molecule has 3 heterocycles. The maximum atomic E-state index is 12.3. The Hall–Kier alpha value is -2.29. The van der Waals surface area contributed by atoms with E-state index in [2.05, 4.69) is 37.2 Å². The third kappa shape index (κ3) is 4.09. The quantitative estimate of drug-likeness (QED) is 0.687. The first-order valence-corrected chi connectivity index (χ1v) is 11.1. The van der Waals surface area contributed by atoms with Gasteiger partial charge in [0.25, 0.3) is 0 Å². The Balaban J connectivity index is 1.30. The van der Waals surface area contributed by atoms with Crippen molar-refractivity contribution in [2.75, 3.05) is 26.2 Å². The van der Waals surface area contributed by atoms with E-state index in [0.717, 1.165) is 37.4 Å². The summed E-state index contributed by atoms with van der Waals surface area (Å²) in [5.41, 5.74) is 2.08. The lowest BCUT2D eigenvalue weighted by Crippen LogP contribution is -2.39. The van der Waals surface area contributed by atoms with E-state index in [-0.39, 0.29) is 0 Å². The number of aromatic nitrogens is 3. The minimum atomic E-state index is -3.43. The van der Waals surface area contributed by atoms with Gasteiger partial charge in [0.15, 0.2) is 5.65 Å². The van der Waals surface area contributed by atoms with E-state index in [1.807, 2.05) is 18.3 Å². The van der Waals surface area contributed by atoms with Crippen LogP contribution in [0.25, 0.3) is 5.65 Å². The zero-order valence-electron chi connectivity index (χ0n) is 16.0. The number of sulfonamides is 1. The Morgan fingerprint density at radius 1 is 1.11 bits per heavy atom. The fourth-order valence-electron chi connectivity index (χ4n) is 3.73. The Morgan fingerprint density at radius 2 is 1.86 bits per heavy atom. The molecule has 0 aliphatic carbocycles. The molecule has 1 aromatic carbocycles. The summed E-state index contributed by atoms with van der Waals surface area (Å²) < 4.78 is 29.3. The molecular weight excluding hydrogens is 374 g/mol. The molecule has 7 nitrogen and oxygen atoms in total. The number of rotatable bonds is 6. The van der Waals surface area contributed by atoms with Crippen LogP contribution in [-0.4, -0.2) is 54.1 Å². The molecule has 1 fully saturated rings. The number of fused-ring (bicyclic) bond motifs is 1. The fourth-order valence-corrected chi connectivity index (χ4v) is 4.77. The second kappa shape index (κ2) is 7.98. The molecule has 8 heteroatoms. The molecule has 148 valence electrons. The van der Waals surface area contributed by atoms with Gasteiger partial charge in [-0.3, -0.25) is 4.40 Å². The van der Waals surface area contributed by atoms with Crippen molar-refractivity contribution in [3.05, 3.63) is 60.0 Å². The molecule has 0 saturated carbocycles. The number of nitrogens with zero attached hydrogens (tertiary/aromatic N) is 4. The Morgan fingerprint density at radius 3 is 2.61 bits per heavy atom. The van der Waals surface area contributed by atoms with Crippen molar-refractivity contribution in [1.29, 1.82) is 0 Å².